The number of ketones is 1. The Morgan fingerprint density at radius 3 is 2.65 bits per heavy atom. The Morgan fingerprint density at radius 2 is 2.08 bits per heavy atom. The number of nitrogens with two attached hydrogens (primary N) is 1. The highest BCUT2D eigenvalue weighted by atomic mass is 32.1. The van der Waals surface area contributed by atoms with Gasteiger partial charge in [0, 0.05) is 12.6 Å². The van der Waals surface area contributed by atoms with E-state index in [1.807, 2.05) is 24.4 Å². The fraction of sp³-hybridized carbons (Fsp3) is 0.579. The molecule has 1 aliphatic carbocycles. The van der Waals surface area contributed by atoms with Crippen LogP contribution in [-0.2, 0) is 4.74 Å². The Bertz CT molecular complexity index is 626. The average Bonchev–Trinajstić information content (AvgIpc) is 3.15. The highest BCUT2D eigenvalue weighted by molar-refractivity contribution is 7.12. The molecule has 6 nitrogen and oxygen atoms in total. The van der Waals surface area contributed by atoms with E-state index in [1.54, 1.807) is 6.07 Å². The summed E-state index contributed by atoms with van der Waals surface area (Å²) in [4.78, 5) is 25.9. The summed E-state index contributed by atoms with van der Waals surface area (Å²) in [6, 6.07) is 2.55. The lowest BCUT2D eigenvalue weighted by atomic mass is 9.82. The molecule has 1 aromatic rings. The Balaban J connectivity index is 2.30. The van der Waals surface area contributed by atoms with Gasteiger partial charge in [-0.3, -0.25) is 4.79 Å². The fourth-order valence-corrected chi connectivity index (χ4v) is 3.88. The van der Waals surface area contributed by atoms with Crippen molar-refractivity contribution >= 4 is 23.2 Å². The van der Waals surface area contributed by atoms with Crippen LogP contribution >= 0.6 is 11.3 Å². The zero-order chi connectivity index (χ0) is 19.1. The van der Waals surface area contributed by atoms with Crippen LogP contribution in [-0.4, -0.2) is 36.5 Å². The molecule has 1 heterocycles. The van der Waals surface area contributed by atoms with Crippen molar-refractivity contribution in [3.63, 3.8) is 0 Å². The smallest absolute Gasteiger partial charge is 0.315 e. The summed E-state index contributed by atoms with van der Waals surface area (Å²) in [5.41, 5.74) is 6.18. The predicted molar refractivity (Wildman–Crippen MR) is 104 cm³/mol. The van der Waals surface area contributed by atoms with Crippen LogP contribution in [0.25, 0.3) is 0 Å². The third-order valence-corrected chi connectivity index (χ3v) is 5.44. The summed E-state index contributed by atoms with van der Waals surface area (Å²) in [7, 11) is 0. The molecule has 3 atom stereocenters. The quantitative estimate of drug-likeness (QED) is 0.605. The molecule has 0 saturated heterocycles. The fourth-order valence-electron chi connectivity index (χ4n) is 3.16. The lowest BCUT2D eigenvalue weighted by Gasteiger charge is -2.35. The number of thiophene rings is 1. The molecule has 1 aliphatic rings. The molecule has 0 aromatic carbocycles. The molecule has 0 aliphatic heterocycles. The minimum Gasteiger partial charge on any atom is -0.493 e. The van der Waals surface area contributed by atoms with Gasteiger partial charge in [-0.2, -0.15) is 0 Å². The number of nitrogens with one attached hydrogen (secondary N) is 2. The van der Waals surface area contributed by atoms with E-state index < -0.39 is 12.0 Å². The summed E-state index contributed by atoms with van der Waals surface area (Å²) < 4.78 is 6.14. The third-order valence-electron chi connectivity index (χ3n) is 4.55. The Hall–Kier alpha value is -1.86. The standard InChI is InChI=1S/C19H29N3O3S/c1-4-13(5-2)25-15-11-12(20)10-14(17(15)22-19(24)21-6-3)18(23)16-8-7-9-26-16/h7-9,11-14,17H,4-6,10,20H2,1-3H3,(H2,21,22,24)/t12-,14?,17?/m0/s1. The molecule has 0 fully saturated rings. The number of urea groups is 1. The van der Waals surface area contributed by atoms with Crippen LogP contribution < -0.4 is 16.4 Å². The summed E-state index contributed by atoms with van der Waals surface area (Å²) in [6.07, 6.45) is 4.04. The largest absolute Gasteiger partial charge is 0.493 e. The number of carbonyl (C=O) groups is 2. The van der Waals surface area contributed by atoms with Crippen molar-refractivity contribution in [1.82, 2.24) is 10.6 Å². The second kappa shape index (κ2) is 9.73. The van der Waals surface area contributed by atoms with Crippen LogP contribution in [0.2, 0.25) is 0 Å². The van der Waals surface area contributed by atoms with Crippen LogP contribution in [0.15, 0.2) is 29.3 Å². The lowest BCUT2D eigenvalue weighted by molar-refractivity contribution is 0.0664. The molecule has 7 heteroatoms. The molecule has 0 radical (unpaired) electrons. The molecule has 144 valence electrons. The molecular formula is C19H29N3O3S. The topological polar surface area (TPSA) is 93.4 Å². The first-order valence-corrected chi connectivity index (χ1v) is 10.1. The zero-order valence-corrected chi connectivity index (χ0v) is 16.5. The van der Waals surface area contributed by atoms with Crippen molar-refractivity contribution in [1.29, 1.82) is 0 Å². The first kappa shape index (κ1) is 20.5. The number of rotatable bonds is 8. The number of amides is 2. The van der Waals surface area contributed by atoms with Crippen molar-refractivity contribution in [2.24, 2.45) is 11.7 Å². The van der Waals surface area contributed by atoms with Gasteiger partial charge in [0.05, 0.1) is 22.9 Å². The minimum absolute atomic E-state index is 0.00371. The normalized spacial score (nSPS) is 22.7. The highest BCUT2D eigenvalue weighted by Crippen LogP contribution is 2.31. The number of hydrogen-bond acceptors (Lipinski definition) is 5. The van der Waals surface area contributed by atoms with Crippen LogP contribution in [0.5, 0.6) is 0 Å². The first-order chi connectivity index (χ1) is 12.5. The van der Waals surface area contributed by atoms with E-state index >= 15 is 0 Å². The van der Waals surface area contributed by atoms with E-state index in [0.717, 1.165) is 12.8 Å². The van der Waals surface area contributed by atoms with Gasteiger partial charge in [-0.05, 0) is 43.7 Å². The molecule has 0 saturated carbocycles. The van der Waals surface area contributed by atoms with Gasteiger partial charge in [0.15, 0.2) is 5.78 Å². The van der Waals surface area contributed by atoms with Crippen molar-refractivity contribution in [2.45, 2.75) is 58.2 Å². The molecular weight excluding hydrogens is 350 g/mol. The summed E-state index contributed by atoms with van der Waals surface area (Å²) in [5.74, 6) is 0.148. The maximum Gasteiger partial charge on any atom is 0.315 e. The molecule has 2 amide bonds. The lowest BCUT2D eigenvalue weighted by Crippen LogP contribution is -2.52. The van der Waals surface area contributed by atoms with Crippen molar-refractivity contribution in [3.05, 3.63) is 34.2 Å². The second-order valence-corrected chi connectivity index (χ2v) is 7.40. The van der Waals surface area contributed by atoms with E-state index in [-0.39, 0.29) is 24.0 Å². The summed E-state index contributed by atoms with van der Waals surface area (Å²) in [5, 5.41) is 7.52. The summed E-state index contributed by atoms with van der Waals surface area (Å²) >= 11 is 1.40. The number of Topliss-reactive ketones (excluding diaryl/α,β-unsaturated/α-hetero) is 1. The monoisotopic (exact) mass is 379 g/mol. The van der Waals surface area contributed by atoms with Crippen LogP contribution in [0, 0.1) is 5.92 Å². The zero-order valence-electron chi connectivity index (χ0n) is 15.7. The number of ether oxygens (including phenoxy) is 1. The Kier molecular flexibility index (Phi) is 7.66. The number of carbonyl (C=O) groups excluding carboxylic acids is 2. The molecule has 0 spiro atoms. The van der Waals surface area contributed by atoms with E-state index in [4.69, 9.17) is 10.5 Å². The molecule has 2 rings (SSSR count). The third kappa shape index (κ3) is 5.08. The van der Waals surface area contributed by atoms with Gasteiger partial charge in [0.25, 0.3) is 0 Å². The van der Waals surface area contributed by atoms with Gasteiger partial charge in [0.2, 0.25) is 0 Å². The van der Waals surface area contributed by atoms with Crippen LogP contribution in [0.1, 0.15) is 49.7 Å². The van der Waals surface area contributed by atoms with Gasteiger partial charge < -0.3 is 21.1 Å². The van der Waals surface area contributed by atoms with Crippen LogP contribution in [0.4, 0.5) is 4.79 Å². The van der Waals surface area contributed by atoms with E-state index in [9.17, 15) is 9.59 Å². The SMILES string of the molecule is CCNC(=O)NC1C(OC(CC)CC)=C[C@@H](N)CC1C(=O)c1cccs1. The van der Waals surface area contributed by atoms with E-state index in [1.165, 1.54) is 11.3 Å². The van der Waals surface area contributed by atoms with E-state index in [0.29, 0.717) is 23.6 Å². The van der Waals surface area contributed by atoms with Crippen molar-refractivity contribution in [2.75, 3.05) is 6.54 Å². The Morgan fingerprint density at radius 1 is 1.35 bits per heavy atom. The molecule has 26 heavy (non-hydrogen) atoms. The maximum atomic E-state index is 13.0. The average molecular weight is 380 g/mol. The van der Waals surface area contributed by atoms with Crippen molar-refractivity contribution < 1.29 is 14.3 Å². The van der Waals surface area contributed by atoms with Gasteiger partial charge in [0.1, 0.15) is 5.76 Å². The van der Waals surface area contributed by atoms with Gasteiger partial charge in [-0.1, -0.05) is 19.9 Å². The highest BCUT2D eigenvalue weighted by Gasteiger charge is 2.39. The minimum atomic E-state index is -0.517. The van der Waals surface area contributed by atoms with Gasteiger partial charge in [-0.15, -0.1) is 11.3 Å². The van der Waals surface area contributed by atoms with E-state index in [2.05, 4.69) is 24.5 Å². The molecule has 4 N–H and O–H groups in total. The predicted octanol–water partition coefficient (Wildman–Crippen LogP) is 3.05. The first-order valence-electron chi connectivity index (χ1n) is 9.26. The Labute approximate surface area is 159 Å². The summed E-state index contributed by atoms with van der Waals surface area (Å²) in [6.45, 7) is 6.46. The molecule has 1 aromatic heterocycles. The van der Waals surface area contributed by atoms with Crippen LogP contribution in [0.3, 0.4) is 0 Å². The number of hydrogen-bond donors (Lipinski definition) is 3. The maximum absolute atomic E-state index is 13.0. The second-order valence-electron chi connectivity index (χ2n) is 6.45. The molecule has 0 bridgehead atoms. The van der Waals surface area contributed by atoms with Crippen molar-refractivity contribution in [3.8, 4) is 0 Å². The molecule has 2 unspecified atom stereocenters. The van der Waals surface area contributed by atoms with Gasteiger partial charge >= 0.3 is 6.03 Å². The van der Waals surface area contributed by atoms with Gasteiger partial charge in [-0.25, -0.2) is 4.79 Å².